The third-order valence-corrected chi connectivity index (χ3v) is 23.3. The topological polar surface area (TPSA) is 220 Å². The van der Waals surface area contributed by atoms with Crippen LogP contribution in [0.5, 0.6) is 11.5 Å². The number of phenolic OH excluding ortho intramolecular Hbond substituents is 2. The van der Waals surface area contributed by atoms with Gasteiger partial charge in [0.1, 0.15) is 28.5 Å². The highest BCUT2D eigenvalue weighted by molar-refractivity contribution is 5.96. The number of benzene rings is 2. The van der Waals surface area contributed by atoms with E-state index in [1.54, 1.807) is 6.08 Å². The van der Waals surface area contributed by atoms with Crippen LogP contribution in [0.1, 0.15) is 136 Å². The second-order valence-corrected chi connectivity index (χ2v) is 26.3. The molecule has 1 heterocycles. The van der Waals surface area contributed by atoms with E-state index in [4.69, 9.17) is 4.74 Å². The monoisotopic (exact) mass is 1000 g/mol. The lowest BCUT2D eigenvalue weighted by Gasteiger charge is -2.70. The Kier molecular flexibility index (Phi) is 11.3. The Morgan fingerprint density at radius 2 is 1.68 bits per heavy atom. The van der Waals surface area contributed by atoms with E-state index < -0.39 is 104 Å². The SMILES string of the molecule is CCCCCC1CC2(CC3(C)C4C(CC3(O)C3=CC(=O)C5C6c7cc(O)cc(O)c7CCC6(O)C(O)CC5(C)C32)OC2(C3CCC(C)(C=C3CNCC)C(C)C2O)C4(O)CCO)C2C(O)=c3ccccc3=CC12. The first-order chi connectivity index (χ1) is 34.6. The molecule has 0 amide bonds. The molecule has 11 aliphatic rings. The van der Waals surface area contributed by atoms with E-state index in [2.05, 4.69) is 51.2 Å². The molecule has 1 saturated heterocycles. The van der Waals surface area contributed by atoms with E-state index in [0.717, 1.165) is 54.7 Å². The summed E-state index contributed by atoms with van der Waals surface area (Å²) >= 11 is 0. The predicted octanol–water partition coefficient (Wildman–Crippen LogP) is 5.73. The number of hydrogen-bond acceptors (Lipinski definition) is 12. The molecule has 12 nitrogen and oxygen atoms in total. The normalized spacial score (nSPS) is 48.6. The van der Waals surface area contributed by atoms with Crippen LogP contribution in [0.2, 0.25) is 0 Å². The van der Waals surface area contributed by atoms with Crippen LogP contribution < -0.4 is 15.8 Å². The Bertz CT molecular complexity index is 2830. The average molecular weight is 1000 g/mol. The van der Waals surface area contributed by atoms with Crippen molar-refractivity contribution in [1.29, 1.82) is 0 Å². The van der Waals surface area contributed by atoms with Gasteiger partial charge in [-0.3, -0.25) is 4.79 Å². The van der Waals surface area contributed by atoms with Crippen LogP contribution in [0.4, 0.5) is 0 Å². The number of phenols is 2. The van der Waals surface area contributed by atoms with E-state index >= 15 is 4.79 Å². The molecule has 20 unspecified atom stereocenters. The number of unbranched alkanes of at least 4 members (excludes halogenated alkanes) is 2. The second kappa shape index (κ2) is 16.5. The lowest BCUT2D eigenvalue weighted by Crippen LogP contribution is -2.73. The highest BCUT2D eigenvalue weighted by Crippen LogP contribution is 2.82. The molecule has 5 saturated carbocycles. The van der Waals surface area contributed by atoms with Gasteiger partial charge in [-0.25, -0.2) is 0 Å². The van der Waals surface area contributed by atoms with E-state index in [0.29, 0.717) is 36.1 Å². The molecule has 2 bridgehead atoms. The van der Waals surface area contributed by atoms with Gasteiger partial charge in [0.2, 0.25) is 0 Å². The van der Waals surface area contributed by atoms with Crippen molar-refractivity contribution in [2.24, 2.45) is 69.0 Å². The zero-order valence-corrected chi connectivity index (χ0v) is 43.8. The third kappa shape index (κ3) is 6.15. The van der Waals surface area contributed by atoms with E-state index in [1.165, 1.54) is 12.1 Å². The molecule has 12 heteroatoms. The number of nitrogens with one attached hydrogen (secondary N) is 1. The molecule has 0 radical (unpaired) electrons. The van der Waals surface area contributed by atoms with Crippen LogP contribution in [-0.2, 0) is 16.0 Å². The first-order valence-electron chi connectivity index (χ1n) is 28.1. The standard InChI is InChI=1S/C61H81NO11/c1-7-9-10-14-34-27-57(48-39(34)22-33-13-11-12-15-37(33)50(48)68)31-56(6)52-45(73-61(59(52,71)20-21-63)41-17-18-54(4,32(3)53(61)69)26-35(41)30-62-8-2)28-60(56,72)42-25-44(66)49-47-40-23-36(64)24-43(65)38(40)16-19-58(47,70)46(67)29-55(49,5)51(42)57/h11-13,15,22-26,32,34,39,41,45-49,51-53,62-65,67-72H,7-10,14,16-21,27-31H2,1-6H3. The van der Waals surface area contributed by atoms with Gasteiger partial charge >= 0.3 is 0 Å². The summed E-state index contributed by atoms with van der Waals surface area (Å²) in [6.07, 6.45) is 9.44. The van der Waals surface area contributed by atoms with Crippen molar-refractivity contribution in [3.8, 4) is 11.5 Å². The van der Waals surface area contributed by atoms with Crippen molar-refractivity contribution in [3.05, 3.63) is 81.3 Å². The summed E-state index contributed by atoms with van der Waals surface area (Å²) in [4.78, 5) is 15.9. The molecule has 6 fully saturated rings. The van der Waals surface area contributed by atoms with Crippen molar-refractivity contribution in [2.75, 3.05) is 19.7 Å². The molecule has 20 atom stereocenters. The molecule has 73 heavy (non-hydrogen) atoms. The fourth-order valence-corrected chi connectivity index (χ4v) is 20.5. The maximum absolute atomic E-state index is 15.9. The molecule has 0 aromatic heterocycles. The van der Waals surface area contributed by atoms with Crippen LogP contribution >= 0.6 is 0 Å². The van der Waals surface area contributed by atoms with Crippen molar-refractivity contribution in [3.63, 3.8) is 0 Å². The Morgan fingerprint density at radius 3 is 2.42 bits per heavy atom. The molecule has 396 valence electrons. The van der Waals surface area contributed by atoms with Crippen molar-refractivity contribution in [1.82, 2.24) is 5.32 Å². The number of hydrogen-bond donors (Lipinski definition) is 10. The first kappa shape index (κ1) is 50.2. The minimum atomic E-state index is -1.88. The van der Waals surface area contributed by atoms with Gasteiger partial charge in [0.05, 0.1) is 29.5 Å². The van der Waals surface area contributed by atoms with Crippen LogP contribution in [0.15, 0.2) is 59.7 Å². The zero-order valence-electron chi connectivity index (χ0n) is 43.8. The van der Waals surface area contributed by atoms with Gasteiger partial charge < -0.3 is 56.0 Å². The number of likely N-dealkylation sites (N-methyl/N-ethyl adjacent to an activating group) is 1. The van der Waals surface area contributed by atoms with Crippen molar-refractivity contribution < 1.29 is 55.5 Å². The van der Waals surface area contributed by atoms with Gasteiger partial charge in [-0.15, -0.1) is 0 Å². The van der Waals surface area contributed by atoms with Gasteiger partial charge in [0.25, 0.3) is 0 Å². The van der Waals surface area contributed by atoms with E-state index in [-0.39, 0.29) is 79.3 Å². The molecule has 13 rings (SSSR count). The summed E-state index contributed by atoms with van der Waals surface area (Å²) in [5.74, 6) is -5.24. The number of carbonyl (C=O) groups excluding carboxylic acids is 1. The van der Waals surface area contributed by atoms with Gasteiger partial charge in [0.15, 0.2) is 5.78 Å². The van der Waals surface area contributed by atoms with Crippen LogP contribution in [0.25, 0.3) is 11.8 Å². The van der Waals surface area contributed by atoms with Gasteiger partial charge in [0, 0.05) is 72.3 Å². The fraction of sp³-hybridized carbons (Fsp3) is 0.689. The number of fused-ring (bicyclic) bond motifs is 17. The Labute approximate surface area is 430 Å². The molecule has 1 aliphatic heterocycles. The maximum atomic E-state index is 15.9. The first-order valence-corrected chi connectivity index (χ1v) is 28.1. The smallest absolute Gasteiger partial charge is 0.160 e. The Morgan fingerprint density at radius 1 is 0.918 bits per heavy atom. The van der Waals surface area contributed by atoms with Gasteiger partial charge in [-0.2, -0.15) is 0 Å². The van der Waals surface area contributed by atoms with Crippen molar-refractivity contribution >= 4 is 17.6 Å². The lowest BCUT2D eigenvalue weighted by molar-refractivity contribution is -0.255. The summed E-state index contributed by atoms with van der Waals surface area (Å²) in [7, 11) is 0. The maximum Gasteiger partial charge on any atom is 0.160 e. The summed E-state index contributed by atoms with van der Waals surface area (Å²) in [5.41, 5.74) is -8.25. The summed E-state index contributed by atoms with van der Waals surface area (Å²) < 4.78 is 7.63. The molecular formula is C61H81NO11. The number of aromatic hydroxyl groups is 2. The summed E-state index contributed by atoms with van der Waals surface area (Å²) in [6.45, 7) is 13.5. The Hall–Kier alpha value is -3.59. The largest absolute Gasteiger partial charge is 0.511 e. The third-order valence-electron chi connectivity index (χ3n) is 23.3. The summed E-state index contributed by atoms with van der Waals surface area (Å²) in [5, 5.41) is 120. The number of aliphatic hydroxyl groups excluding tert-OH is 4. The van der Waals surface area contributed by atoms with Crippen LogP contribution in [0.3, 0.4) is 0 Å². The summed E-state index contributed by atoms with van der Waals surface area (Å²) in [6, 6.07) is 10.8. The van der Waals surface area contributed by atoms with Crippen molar-refractivity contribution in [2.45, 2.75) is 172 Å². The second-order valence-electron chi connectivity index (χ2n) is 26.3. The number of rotatable bonds is 9. The lowest BCUT2D eigenvalue weighted by atomic mass is 9.35. The minimum absolute atomic E-state index is 0.00657. The molecule has 10 N–H and O–H groups in total. The highest BCUT2D eigenvalue weighted by Gasteiger charge is 2.85. The molecule has 2 aromatic carbocycles. The van der Waals surface area contributed by atoms with E-state index in [1.807, 2.05) is 32.0 Å². The zero-order chi connectivity index (χ0) is 51.8. The Balaban J connectivity index is 1.11. The highest BCUT2D eigenvalue weighted by atomic mass is 16.6. The van der Waals surface area contributed by atoms with Crippen LogP contribution in [0, 0.1) is 69.0 Å². The number of carbonyl (C=O) groups is 1. The van der Waals surface area contributed by atoms with E-state index in [9.17, 15) is 46.0 Å². The predicted molar refractivity (Wildman–Crippen MR) is 275 cm³/mol. The number of allylic oxidation sites excluding steroid dienone is 2. The number of ether oxygens (including phenoxy) is 1. The quantitative estimate of drug-likeness (QED) is 0.108. The minimum Gasteiger partial charge on any atom is -0.511 e. The average Bonchev–Trinajstić information content (AvgIpc) is 3.83. The van der Waals surface area contributed by atoms with Gasteiger partial charge in [-0.05, 0) is 132 Å². The van der Waals surface area contributed by atoms with Crippen LogP contribution in [-0.4, -0.2) is 112 Å². The fourth-order valence-electron chi connectivity index (χ4n) is 20.5. The molecule has 2 spiro atoms. The van der Waals surface area contributed by atoms with Gasteiger partial charge in [-0.1, -0.05) is 103 Å². The number of aliphatic hydroxyl groups is 7. The molecule has 2 aromatic rings. The molecular weight excluding hydrogens is 923 g/mol. The molecule has 10 aliphatic carbocycles. The number of ketones is 1.